The van der Waals surface area contributed by atoms with Crippen LogP contribution in [0.4, 0.5) is 5.95 Å². The Labute approximate surface area is 79.4 Å². The van der Waals surface area contributed by atoms with Crippen molar-refractivity contribution in [2.45, 2.75) is 19.9 Å². The molecule has 1 rings (SSSR count). The van der Waals surface area contributed by atoms with Crippen molar-refractivity contribution in [3.05, 3.63) is 12.4 Å². The maximum atomic E-state index is 4.07. The van der Waals surface area contributed by atoms with E-state index in [0.29, 0.717) is 6.04 Å². The Balaban J connectivity index is 2.14. The van der Waals surface area contributed by atoms with E-state index < -0.39 is 0 Å². The van der Waals surface area contributed by atoms with Crippen LogP contribution in [0, 0.1) is 0 Å². The minimum atomic E-state index is 0.596. The van der Waals surface area contributed by atoms with Crippen LogP contribution in [-0.4, -0.2) is 41.0 Å². The molecule has 0 aliphatic carbocycles. The van der Waals surface area contributed by atoms with E-state index in [9.17, 15) is 0 Å². The lowest BCUT2D eigenvalue weighted by Gasteiger charge is -2.20. The molecule has 0 amide bonds. The quantitative estimate of drug-likeness (QED) is 0.718. The summed E-state index contributed by atoms with van der Waals surface area (Å²) < 4.78 is 0. The molecule has 0 fully saturated rings. The number of imidazole rings is 1. The molecule has 0 spiro atoms. The predicted molar refractivity (Wildman–Crippen MR) is 54.8 cm³/mol. The lowest BCUT2D eigenvalue weighted by molar-refractivity contribution is 0.284. The molecule has 2 N–H and O–H groups in total. The van der Waals surface area contributed by atoms with Crippen LogP contribution in [-0.2, 0) is 0 Å². The van der Waals surface area contributed by atoms with Gasteiger partial charge >= 0.3 is 0 Å². The second-order valence-corrected chi connectivity index (χ2v) is 3.44. The number of H-pyrrole nitrogens is 1. The first-order valence-corrected chi connectivity index (χ1v) is 4.63. The number of aromatic amines is 1. The summed E-state index contributed by atoms with van der Waals surface area (Å²) in [5.74, 6) is 0.845. The lowest BCUT2D eigenvalue weighted by Crippen LogP contribution is -2.31. The summed E-state index contributed by atoms with van der Waals surface area (Å²) in [6, 6.07) is 0.596. The van der Waals surface area contributed by atoms with Gasteiger partial charge in [-0.3, -0.25) is 0 Å². The minimum Gasteiger partial charge on any atom is -0.355 e. The number of hydrogen-bond donors (Lipinski definition) is 2. The van der Waals surface area contributed by atoms with Gasteiger partial charge < -0.3 is 15.2 Å². The molecule has 0 atom stereocenters. The van der Waals surface area contributed by atoms with Crippen LogP contribution in [0.5, 0.6) is 0 Å². The molecule has 0 saturated heterocycles. The van der Waals surface area contributed by atoms with Crippen molar-refractivity contribution in [3.8, 4) is 0 Å². The Hall–Kier alpha value is -1.03. The number of nitrogens with one attached hydrogen (secondary N) is 2. The smallest absolute Gasteiger partial charge is 0.200 e. The zero-order chi connectivity index (χ0) is 9.68. The maximum Gasteiger partial charge on any atom is 0.200 e. The third-order valence-corrected chi connectivity index (χ3v) is 2.14. The summed E-state index contributed by atoms with van der Waals surface area (Å²) in [5.41, 5.74) is 0. The second-order valence-electron chi connectivity index (χ2n) is 3.44. The molecule has 4 heteroatoms. The number of likely N-dealkylation sites (N-methyl/N-ethyl adjacent to an activating group) is 1. The lowest BCUT2D eigenvalue weighted by atomic mass is 10.3. The Morgan fingerprint density at radius 1 is 1.62 bits per heavy atom. The van der Waals surface area contributed by atoms with Crippen LogP contribution in [0.2, 0.25) is 0 Å². The van der Waals surface area contributed by atoms with Gasteiger partial charge in [-0.15, -0.1) is 0 Å². The summed E-state index contributed by atoms with van der Waals surface area (Å²) in [5, 5.41) is 3.20. The van der Waals surface area contributed by atoms with E-state index in [2.05, 4.69) is 41.1 Å². The Morgan fingerprint density at radius 2 is 2.38 bits per heavy atom. The summed E-state index contributed by atoms with van der Waals surface area (Å²) in [6.45, 7) is 6.32. The van der Waals surface area contributed by atoms with Crippen LogP contribution >= 0.6 is 0 Å². The van der Waals surface area contributed by atoms with E-state index >= 15 is 0 Å². The monoisotopic (exact) mass is 182 g/mol. The first-order chi connectivity index (χ1) is 6.20. The highest BCUT2D eigenvalue weighted by Crippen LogP contribution is 1.95. The van der Waals surface area contributed by atoms with Crippen molar-refractivity contribution >= 4 is 5.95 Å². The Kier molecular flexibility index (Phi) is 3.76. The summed E-state index contributed by atoms with van der Waals surface area (Å²) >= 11 is 0. The standard InChI is InChI=1S/C9H18N4/c1-8(2)13(3)7-6-12-9-10-4-5-11-9/h4-5,8H,6-7H2,1-3H3,(H2,10,11,12). The number of nitrogens with zero attached hydrogens (tertiary/aromatic N) is 2. The molecule has 74 valence electrons. The van der Waals surface area contributed by atoms with Gasteiger partial charge in [0.25, 0.3) is 0 Å². The molecule has 0 bridgehead atoms. The molecule has 0 aliphatic rings. The van der Waals surface area contributed by atoms with Crippen molar-refractivity contribution in [3.63, 3.8) is 0 Å². The number of aromatic nitrogens is 2. The van der Waals surface area contributed by atoms with E-state index in [1.165, 1.54) is 0 Å². The Bertz CT molecular complexity index is 218. The number of hydrogen-bond acceptors (Lipinski definition) is 3. The van der Waals surface area contributed by atoms with Crippen molar-refractivity contribution < 1.29 is 0 Å². The van der Waals surface area contributed by atoms with E-state index in [1.807, 2.05) is 6.20 Å². The van der Waals surface area contributed by atoms with Gasteiger partial charge in [0, 0.05) is 31.5 Å². The molecule has 4 nitrogen and oxygen atoms in total. The molecule has 1 heterocycles. The van der Waals surface area contributed by atoms with E-state index in [0.717, 1.165) is 19.0 Å². The highest BCUT2D eigenvalue weighted by molar-refractivity contribution is 5.22. The normalized spacial score (nSPS) is 11.2. The third kappa shape index (κ3) is 3.46. The largest absolute Gasteiger partial charge is 0.355 e. The molecule has 1 aromatic rings. The fourth-order valence-electron chi connectivity index (χ4n) is 0.971. The van der Waals surface area contributed by atoms with Gasteiger partial charge in [-0.05, 0) is 20.9 Å². The molecule has 13 heavy (non-hydrogen) atoms. The molecule has 0 aromatic carbocycles. The predicted octanol–water partition coefficient (Wildman–Crippen LogP) is 1.16. The van der Waals surface area contributed by atoms with Crippen molar-refractivity contribution in [1.82, 2.24) is 14.9 Å². The van der Waals surface area contributed by atoms with Gasteiger partial charge in [0.05, 0.1) is 0 Å². The van der Waals surface area contributed by atoms with Gasteiger partial charge in [-0.1, -0.05) is 0 Å². The average Bonchev–Trinajstić information content (AvgIpc) is 2.56. The first-order valence-electron chi connectivity index (χ1n) is 4.63. The van der Waals surface area contributed by atoms with E-state index in [4.69, 9.17) is 0 Å². The summed E-state index contributed by atoms with van der Waals surface area (Å²) in [4.78, 5) is 9.36. The molecule has 1 aromatic heterocycles. The number of rotatable bonds is 5. The van der Waals surface area contributed by atoms with Gasteiger partial charge in [0.15, 0.2) is 5.95 Å². The SMILES string of the molecule is CC(C)N(C)CCNc1ncc[nH]1. The molecular formula is C9H18N4. The fourth-order valence-corrected chi connectivity index (χ4v) is 0.971. The highest BCUT2D eigenvalue weighted by Gasteiger charge is 2.01. The van der Waals surface area contributed by atoms with Crippen molar-refractivity contribution in [1.29, 1.82) is 0 Å². The highest BCUT2D eigenvalue weighted by atomic mass is 15.2. The Morgan fingerprint density at radius 3 is 2.92 bits per heavy atom. The second kappa shape index (κ2) is 4.87. The molecule has 0 unspecified atom stereocenters. The maximum absolute atomic E-state index is 4.07. The fraction of sp³-hybridized carbons (Fsp3) is 0.667. The van der Waals surface area contributed by atoms with Gasteiger partial charge in [0.2, 0.25) is 0 Å². The summed E-state index contributed by atoms with van der Waals surface area (Å²) in [7, 11) is 2.12. The minimum absolute atomic E-state index is 0.596. The van der Waals surface area contributed by atoms with E-state index in [1.54, 1.807) is 6.20 Å². The zero-order valence-corrected chi connectivity index (χ0v) is 8.54. The van der Waals surface area contributed by atoms with Crippen molar-refractivity contribution in [2.75, 3.05) is 25.5 Å². The first kappa shape index (κ1) is 10.1. The molecular weight excluding hydrogens is 164 g/mol. The number of anilines is 1. The van der Waals surface area contributed by atoms with Crippen LogP contribution < -0.4 is 5.32 Å². The van der Waals surface area contributed by atoms with Crippen LogP contribution in [0.1, 0.15) is 13.8 Å². The van der Waals surface area contributed by atoms with Gasteiger partial charge in [0.1, 0.15) is 0 Å². The average molecular weight is 182 g/mol. The summed E-state index contributed by atoms with van der Waals surface area (Å²) in [6.07, 6.45) is 3.56. The third-order valence-electron chi connectivity index (χ3n) is 2.14. The van der Waals surface area contributed by atoms with Crippen molar-refractivity contribution in [2.24, 2.45) is 0 Å². The van der Waals surface area contributed by atoms with Crippen LogP contribution in [0.25, 0.3) is 0 Å². The topological polar surface area (TPSA) is 44.0 Å². The zero-order valence-electron chi connectivity index (χ0n) is 8.54. The van der Waals surface area contributed by atoms with E-state index in [-0.39, 0.29) is 0 Å². The van der Waals surface area contributed by atoms with Crippen LogP contribution in [0.3, 0.4) is 0 Å². The molecule has 0 saturated carbocycles. The van der Waals surface area contributed by atoms with Gasteiger partial charge in [-0.2, -0.15) is 0 Å². The van der Waals surface area contributed by atoms with Gasteiger partial charge in [-0.25, -0.2) is 4.98 Å². The molecule has 0 radical (unpaired) electrons. The van der Waals surface area contributed by atoms with Crippen LogP contribution in [0.15, 0.2) is 12.4 Å². The molecule has 0 aliphatic heterocycles.